The van der Waals surface area contributed by atoms with E-state index >= 15 is 4.39 Å². The molecular weight excluding hydrogens is 457 g/mol. The van der Waals surface area contributed by atoms with E-state index in [0.717, 1.165) is 37.3 Å². The summed E-state index contributed by atoms with van der Waals surface area (Å²) in [5.41, 5.74) is 3.64. The second kappa shape index (κ2) is 10.1. The molecule has 36 heavy (non-hydrogen) atoms. The third-order valence-electron chi connectivity index (χ3n) is 6.90. The van der Waals surface area contributed by atoms with Crippen LogP contribution in [0.2, 0.25) is 0 Å². The molecule has 1 aromatic carbocycles. The zero-order chi connectivity index (χ0) is 25.2. The number of anilines is 3. The monoisotopic (exact) mass is 487 g/mol. The maximum absolute atomic E-state index is 15.0. The van der Waals surface area contributed by atoms with Crippen molar-refractivity contribution in [2.45, 2.75) is 38.6 Å². The van der Waals surface area contributed by atoms with E-state index in [0.29, 0.717) is 42.0 Å². The van der Waals surface area contributed by atoms with E-state index in [1.807, 2.05) is 18.2 Å². The lowest BCUT2D eigenvalue weighted by molar-refractivity contribution is 0.253. The van der Waals surface area contributed by atoms with E-state index in [4.69, 9.17) is 4.74 Å². The number of pyridine rings is 1. The minimum absolute atomic E-state index is 0.172. The number of piperidine rings is 1. The molecule has 5 rings (SSSR count). The molecule has 2 aromatic heterocycles. The van der Waals surface area contributed by atoms with Gasteiger partial charge >= 0.3 is 0 Å². The fraction of sp³-hybridized carbons (Fsp3) is 0.407. The van der Waals surface area contributed by atoms with Crippen LogP contribution < -0.4 is 15.0 Å². The number of rotatable bonds is 5. The third kappa shape index (κ3) is 4.82. The summed E-state index contributed by atoms with van der Waals surface area (Å²) in [6, 6.07) is 9.52. The van der Waals surface area contributed by atoms with Crippen LogP contribution in [0.1, 0.15) is 43.9 Å². The van der Waals surface area contributed by atoms with Crippen LogP contribution in [0.3, 0.4) is 0 Å². The van der Waals surface area contributed by atoms with Gasteiger partial charge < -0.3 is 19.9 Å². The third-order valence-corrected chi connectivity index (χ3v) is 6.90. The van der Waals surface area contributed by atoms with Crippen LogP contribution in [-0.2, 0) is 0 Å². The van der Waals surface area contributed by atoms with Gasteiger partial charge in [0.1, 0.15) is 12.7 Å². The van der Waals surface area contributed by atoms with Crippen LogP contribution in [0.4, 0.5) is 21.7 Å². The van der Waals surface area contributed by atoms with Crippen LogP contribution in [-0.4, -0.2) is 59.2 Å². The number of nitriles is 1. The smallest absolute Gasteiger partial charge is 0.227 e. The molecule has 1 fully saturated rings. The minimum atomic E-state index is -0.474. The summed E-state index contributed by atoms with van der Waals surface area (Å²) in [5, 5.41) is 12.9. The highest BCUT2D eigenvalue weighted by Gasteiger charge is 2.26. The second-order valence-electron chi connectivity index (χ2n) is 9.68. The molecule has 4 heterocycles. The molecule has 1 saturated heterocycles. The van der Waals surface area contributed by atoms with Gasteiger partial charge in [-0.05, 0) is 71.1 Å². The summed E-state index contributed by atoms with van der Waals surface area (Å²) >= 11 is 0. The number of fused-ring (bicyclic) bond motifs is 1. The number of hydrogen-bond acceptors (Lipinski definition) is 8. The van der Waals surface area contributed by atoms with Crippen LogP contribution in [0.15, 0.2) is 36.7 Å². The molecule has 2 aliphatic heterocycles. The van der Waals surface area contributed by atoms with Gasteiger partial charge in [0, 0.05) is 23.2 Å². The summed E-state index contributed by atoms with van der Waals surface area (Å²) in [4.78, 5) is 18.0. The summed E-state index contributed by atoms with van der Waals surface area (Å²) in [6.45, 7) is 7.36. The van der Waals surface area contributed by atoms with E-state index in [-0.39, 0.29) is 17.4 Å². The SMILES string of the molecule is CC(C)N1CCOc2c(F)cc(-c3nc(Nc4ccc(C5CCN(C)CC5)nc4)ncc3C#N)cc21. The maximum Gasteiger partial charge on any atom is 0.227 e. The molecule has 0 unspecified atom stereocenters. The summed E-state index contributed by atoms with van der Waals surface area (Å²) in [5.74, 6) is 0.549. The standard InChI is InChI=1S/C27H30FN7O/c1-17(2)35-10-11-36-26-22(28)12-19(13-24(26)35)25-20(14-29)15-31-27(33-25)32-21-4-5-23(30-16-21)18-6-8-34(3)9-7-18/h4-5,12-13,15-18H,6-11H2,1-3H3,(H,31,32,33). The summed E-state index contributed by atoms with van der Waals surface area (Å²) in [7, 11) is 2.15. The lowest BCUT2D eigenvalue weighted by Gasteiger charge is -2.34. The zero-order valence-corrected chi connectivity index (χ0v) is 20.8. The van der Waals surface area contributed by atoms with Crippen molar-refractivity contribution in [3.8, 4) is 23.1 Å². The zero-order valence-electron chi connectivity index (χ0n) is 20.8. The van der Waals surface area contributed by atoms with Crippen molar-refractivity contribution in [1.29, 1.82) is 5.26 Å². The van der Waals surface area contributed by atoms with Crippen molar-refractivity contribution in [3.63, 3.8) is 0 Å². The van der Waals surface area contributed by atoms with Gasteiger partial charge in [0.2, 0.25) is 5.95 Å². The van der Waals surface area contributed by atoms with Gasteiger partial charge in [0.05, 0.1) is 41.6 Å². The van der Waals surface area contributed by atoms with Gasteiger partial charge in [-0.2, -0.15) is 5.26 Å². The Bertz CT molecular complexity index is 1280. The van der Waals surface area contributed by atoms with Crippen molar-refractivity contribution in [2.75, 3.05) is 43.5 Å². The average Bonchev–Trinajstić information content (AvgIpc) is 2.89. The number of likely N-dealkylation sites (tertiary alicyclic amines) is 1. The van der Waals surface area contributed by atoms with Gasteiger partial charge in [0.15, 0.2) is 11.6 Å². The Morgan fingerprint density at radius 3 is 2.64 bits per heavy atom. The average molecular weight is 488 g/mol. The first-order valence-electron chi connectivity index (χ1n) is 12.3. The Hall–Kier alpha value is -3.77. The van der Waals surface area contributed by atoms with Crippen LogP contribution in [0.25, 0.3) is 11.3 Å². The lowest BCUT2D eigenvalue weighted by Crippen LogP contribution is -2.38. The number of nitrogens with zero attached hydrogens (tertiary/aromatic N) is 6. The molecule has 8 nitrogen and oxygen atoms in total. The highest BCUT2D eigenvalue weighted by Crippen LogP contribution is 2.39. The topological polar surface area (TPSA) is 90.2 Å². The van der Waals surface area contributed by atoms with Gasteiger partial charge in [0.25, 0.3) is 0 Å². The molecule has 0 aliphatic carbocycles. The van der Waals surface area contributed by atoms with Crippen LogP contribution in [0.5, 0.6) is 5.75 Å². The molecule has 3 aromatic rings. The van der Waals surface area contributed by atoms with Crippen LogP contribution >= 0.6 is 0 Å². The van der Waals surface area contributed by atoms with Crippen molar-refractivity contribution < 1.29 is 9.13 Å². The van der Waals surface area contributed by atoms with E-state index in [1.54, 1.807) is 6.20 Å². The Kier molecular flexibility index (Phi) is 6.70. The molecule has 186 valence electrons. The van der Waals surface area contributed by atoms with Crippen LogP contribution in [0, 0.1) is 17.1 Å². The predicted octanol–water partition coefficient (Wildman–Crippen LogP) is 4.71. The quantitative estimate of drug-likeness (QED) is 0.553. The van der Waals surface area contributed by atoms with E-state index in [9.17, 15) is 5.26 Å². The number of nitrogens with one attached hydrogen (secondary N) is 1. The first-order valence-corrected chi connectivity index (χ1v) is 12.3. The highest BCUT2D eigenvalue weighted by atomic mass is 19.1. The highest BCUT2D eigenvalue weighted by molar-refractivity contribution is 5.75. The summed E-state index contributed by atoms with van der Waals surface area (Å²) < 4.78 is 20.7. The van der Waals surface area contributed by atoms with E-state index in [2.05, 4.69) is 57.0 Å². The Morgan fingerprint density at radius 1 is 1.14 bits per heavy atom. The normalized spacial score (nSPS) is 16.4. The van der Waals surface area contributed by atoms with Crippen molar-refractivity contribution in [2.24, 2.45) is 0 Å². The predicted molar refractivity (Wildman–Crippen MR) is 137 cm³/mol. The molecule has 9 heteroatoms. The Labute approximate surface area is 210 Å². The van der Waals surface area contributed by atoms with E-state index in [1.165, 1.54) is 12.3 Å². The molecule has 1 N–H and O–H groups in total. The molecule has 0 saturated carbocycles. The maximum atomic E-state index is 15.0. The number of aromatic nitrogens is 3. The molecule has 0 bridgehead atoms. The van der Waals surface area contributed by atoms with E-state index < -0.39 is 5.82 Å². The van der Waals surface area contributed by atoms with Gasteiger partial charge in [-0.15, -0.1) is 0 Å². The molecule has 0 amide bonds. The first kappa shape index (κ1) is 23.9. The van der Waals surface area contributed by atoms with Crippen molar-refractivity contribution in [1.82, 2.24) is 19.9 Å². The lowest BCUT2D eigenvalue weighted by atomic mass is 9.93. The minimum Gasteiger partial charge on any atom is -0.486 e. The number of halogens is 1. The van der Waals surface area contributed by atoms with Gasteiger partial charge in [-0.3, -0.25) is 4.98 Å². The summed E-state index contributed by atoms with van der Waals surface area (Å²) in [6.07, 6.45) is 5.45. The molecular formula is C27H30FN7O. The molecule has 0 spiro atoms. The number of hydrogen-bond donors (Lipinski definition) is 1. The van der Waals surface area contributed by atoms with Gasteiger partial charge in [-0.25, -0.2) is 14.4 Å². The molecule has 2 aliphatic rings. The Morgan fingerprint density at radius 2 is 1.94 bits per heavy atom. The fourth-order valence-electron chi connectivity index (χ4n) is 4.87. The first-order chi connectivity index (χ1) is 17.4. The number of ether oxygens (including phenoxy) is 1. The van der Waals surface area contributed by atoms with Crippen molar-refractivity contribution >= 4 is 17.3 Å². The number of benzene rings is 1. The van der Waals surface area contributed by atoms with Crippen molar-refractivity contribution in [3.05, 3.63) is 53.7 Å². The largest absolute Gasteiger partial charge is 0.486 e. The molecule has 0 atom stereocenters. The fourth-order valence-corrected chi connectivity index (χ4v) is 4.87. The Balaban J connectivity index is 1.42. The molecule has 0 radical (unpaired) electrons. The van der Waals surface area contributed by atoms with Gasteiger partial charge in [-0.1, -0.05) is 0 Å². The second-order valence-corrected chi connectivity index (χ2v) is 9.68.